The summed E-state index contributed by atoms with van der Waals surface area (Å²) in [5.74, 6) is -0.323. The Hall–Kier alpha value is -4.16. The summed E-state index contributed by atoms with van der Waals surface area (Å²) in [5, 5.41) is 17.5. The molecule has 70 heavy (non-hydrogen) atoms. The summed E-state index contributed by atoms with van der Waals surface area (Å²) in [6, 6.07) is 60.5. The number of fused-ring (bicyclic) bond motifs is 6. The van der Waals surface area contributed by atoms with E-state index in [4.69, 9.17) is 9.47 Å². The SMILES string of the molecule is C1CCOC1.CC(C)(O)c1cc2cc(Br)ccc2cc1-c1ccccc1.CC1(C)c2ccccc2-c2cc3ccc(Br)cc3cc21.COC(=O)c1cc2cc(Br)ccc2cc1-c1ccccc1.[Br-].[CH3-].[Mg+2]. The number of carbonyl (C=O) groups is 1. The third-order valence-electron chi connectivity index (χ3n) is 12.4. The molecule has 9 heteroatoms. The molecule has 1 N–H and O–H groups in total. The third kappa shape index (κ3) is 13.1. The molecular formula is C61H56Br4MgO4. The normalized spacial score (nSPS) is 12.8. The quantitative estimate of drug-likeness (QED) is 0.108. The number of hydrogen-bond donors (Lipinski definition) is 1. The molecule has 0 unspecified atom stereocenters. The predicted octanol–water partition coefficient (Wildman–Crippen LogP) is 14.3. The van der Waals surface area contributed by atoms with E-state index >= 15 is 0 Å². The zero-order valence-corrected chi connectivity index (χ0v) is 48.2. The Morgan fingerprint density at radius 2 is 0.986 bits per heavy atom. The first-order valence-corrected chi connectivity index (χ1v) is 24.9. The van der Waals surface area contributed by atoms with Gasteiger partial charge in [-0.2, -0.15) is 0 Å². The van der Waals surface area contributed by atoms with E-state index < -0.39 is 5.60 Å². The van der Waals surface area contributed by atoms with E-state index in [2.05, 4.69) is 153 Å². The summed E-state index contributed by atoms with van der Waals surface area (Å²) in [4.78, 5) is 12.1. The first-order valence-electron chi connectivity index (χ1n) is 22.5. The Labute approximate surface area is 465 Å². The van der Waals surface area contributed by atoms with Gasteiger partial charge in [-0.3, -0.25) is 0 Å². The second-order valence-electron chi connectivity index (χ2n) is 17.9. The molecule has 0 amide bonds. The Bertz CT molecular complexity index is 3210. The minimum atomic E-state index is -0.887. The summed E-state index contributed by atoms with van der Waals surface area (Å²) >= 11 is 10.5. The average molecular weight is 1200 g/mol. The molecule has 354 valence electrons. The molecule has 0 bridgehead atoms. The van der Waals surface area contributed by atoms with E-state index in [1.807, 2.05) is 98.8 Å². The largest absolute Gasteiger partial charge is 2.00 e. The van der Waals surface area contributed by atoms with Crippen molar-refractivity contribution in [1.29, 1.82) is 0 Å². The molecule has 9 aromatic carbocycles. The van der Waals surface area contributed by atoms with E-state index in [0.29, 0.717) is 5.56 Å². The molecule has 1 heterocycles. The summed E-state index contributed by atoms with van der Waals surface area (Å²) < 4.78 is 13.0. The van der Waals surface area contributed by atoms with Crippen LogP contribution >= 0.6 is 47.8 Å². The zero-order valence-electron chi connectivity index (χ0n) is 40.5. The Balaban J connectivity index is 0.000000182. The van der Waals surface area contributed by atoms with Crippen molar-refractivity contribution in [2.75, 3.05) is 20.3 Å². The van der Waals surface area contributed by atoms with Crippen molar-refractivity contribution in [2.24, 2.45) is 0 Å². The van der Waals surface area contributed by atoms with Crippen molar-refractivity contribution in [3.8, 4) is 33.4 Å². The molecule has 0 radical (unpaired) electrons. The van der Waals surface area contributed by atoms with Crippen LogP contribution in [0.1, 0.15) is 67.6 Å². The van der Waals surface area contributed by atoms with Gasteiger partial charge in [-0.25, -0.2) is 4.79 Å². The van der Waals surface area contributed by atoms with E-state index in [1.165, 1.54) is 58.4 Å². The first kappa shape index (κ1) is 56.7. The van der Waals surface area contributed by atoms with Gasteiger partial charge in [0, 0.05) is 32.0 Å². The van der Waals surface area contributed by atoms with Crippen LogP contribution in [-0.2, 0) is 20.5 Å². The molecule has 0 aromatic heterocycles. The minimum Gasteiger partial charge on any atom is -1.00 e. The van der Waals surface area contributed by atoms with Crippen molar-refractivity contribution >= 4 is 109 Å². The molecule has 2 aliphatic rings. The molecule has 9 aromatic rings. The van der Waals surface area contributed by atoms with Crippen molar-refractivity contribution < 1.29 is 36.4 Å². The molecule has 1 fully saturated rings. The monoisotopic (exact) mass is 1190 g/mol. The first-order chi connectivity index (χ1) is 32.2. The Morgan fingerprint density at radius 1 is 0.543 bits per heavy atom. The van der Waals surface area contributed by atoms with E-state index in [0.717, 1.165) is 70.6 Å². The van der Waals surface area contributed by atoms with Crippen molar-refractivity contribution in [3.63, 3.8) is 0 Å². The van der Waals surface area contributed by atoms with Crippen molar-refractivity contribution in [2.45, 2.75) is 51.6 Å². The average Bonchev–Trinajstić information content (AvgIpc) is 4.00. The van der Waals surface area contributed by atoms with Gasteiger partial charge in [0.2, 0.25) is 0 Å². The van der Waals surface area contributed by atoms with Gasteiger partial charge in [-0.05, 0) is 182 Å². The maximum Gasteiger partial charge on any atom is 2.00 e. The van der Waals surface area contributed by atoms with Crippen LogP contribution in [0.25, 0.3) is 65.7 Å². The number of hydrogen-bond acceptors (Lipinski definition) is 4. The smallest absolute Gasteiger partial charge is 1.00 e. The molecule has 1 saturated heterocycles. The van der Waals surface area contributed by atoms with Gasteiger partial charge in [0.05, 0.1) is 18.3 Å². The second kappa shape index (κ2) is 25.0. The second-order valence-corrected chi connectivity index (χ2v) is 20.7. The van der Waals surface area contributed by atoms with Gasteiger partial charge in [-0.15, -0.1) is 0 Å². The number of benzene rings is 9. The molecule has 0 saturated carbocycles. The Kier molecular flexibility index (Phi) is 20.3. The molecule has 0 atom stereocenters. The topological polar surface area (TPSA) is 55.8 Å². The van der Waals surface area contributed by atoms with Gasteiger partial charge in [0.25, 0.3) is 0 Å². The fraction of sp³-hybridized carbons (Fsp3) is 0.180. The number of rotatable bonds is 4. The number of esters is 1. The number of carbonyl (C=O) groups excluding carboxylic acids is 1. The molecule has 0 spiro atoms. The van der Waals surface area contributed by atoms with Crippen LogP contribution in [0, 0.1) is 7.43 Å². The zero-order chi connectivity index (χ0) is 47.3. The standard InChI is InChI=1S/C19H17BrO.C19H15Br.C18H13BrO2.C4H8O.CH3.BrH.Mg/c1-19(2,21)18-12-15-10-16(20)9-8-14(15)11-17(18)13-6-4-3-5-7-13;1-19(2)17-6-4-3-5-15(17)16-10-12-7-8-14(20)9-13(12)11-18(16)19;1-21-18(20)17-11-14-9-15(19)8-7-13(14)10-16(17)12-5-3-2-4-6-12;1-2-4-5-3-1;;;/h3-12,21H,1-2H3;3-11H,1-2H3;2-11H,1H3;1-4H2;1H3;1H;/q;;;;-1;;+2/p-1. The van der Waals surface area contributed by atoms with E-state index in [9.17, 15) is 9.90 Å². The predicted molar refractivity (Wildman–Crippen MR) is 302 cm³/mol. The summed E-state index contributed by atoms with van der Waals surface area (Å²) in [5.41, 5.74) is 10.5. The van der Waals surface area contributed by atoms with E-state index in [-0.39, 0.29) is 58.8 Å². The van der Waals surface area contributed by atoms with Crippen molar-refractivity contribution in [1.82, 2.24) is 0 Å². The van der Waals surface area contributed by atoms with E-state index in [1.54, 1.807) is 0 Å². The van der Waals surface area contributed by atoms with Gasteiger partial charge in [0.1, 0.15) is 0 Å². The van der Waals surface area contributed by atoms with Gasteiger partial charge in [0.15, 0.2) is 0 Å². The molecule has 11 rings (SSSR count). The minimum absolute atomic E-state index is 0. The third-order valence-corrected chi connectivity index (χ3v) is 13.9. The van der Waals surface area contributed by atoms with Crippen molar-refractivity contribution in [3.05, 3.63) is 219 Å². The number of ether oxygens (including phenoxy) is 2. The summed E-state index contributed by atoms with van der Waals surface area (Å²) in [6.45, 7) is 10.3. The van der Waals surface area contributed by atoms with Crippen LogP contribution < -0.4 is 17.0 Å². The Morgan fingerprint density at radius 3 is 1.47 bits per heavy atom. The molecule has 4 nitrogen and oxygen atoms in total. The van der Waals surface area contributed by atoms with Crippen LogP contribution in [0.5, 0.6) is 0 Å². The van der Waals surface area contributed by atoms with Crippen LogP contribution in [0.2, 0.25) is 0 Å². The van der Waals surface area contributed by atoms with Crippen LogP contribution in [0.4, 0.5) is 0 Å². The van der Waals surface area contributed by atoms with Crippen LogP contribution in [0.15, 0.2) is 189 Å². The molecular weight excluding hydrogens is 1140 g/mol. The van der Waals surface area contributed by atoms with Gasteiger partial charge >= 0.3 is 29.0 Å². The fourth-order valence-electron chi connectivity index (χ4n) is 8.96. The maximum absolute atomic E-state index is 12.1. The van der Waals surface area contributed by atoms with Crippen LogP contribution in [-0.4, -0.2) is 54.5 Å². The maximum atomic E-state index is 12.1. The summed E-state index contributed by atoms with van der Waals surface area (Å²) in [6.07, 6.45) is 2.56. The summed E-state index contributed by atoms with van der Waals surface area (Å²) in [7, 11) is 1.40. The molecule has 1 aliphatic heterocycles. The number of methoxy groups -OCH3 is 1. The van der Waals surface area contributed by atoms with Gasteiger partial charge < -0.3 is 39.0 Å². The molecule has 1 aliphatic carbocycles. The van der Waals surface area contributed by atoms with Crippen LogP contribution in [0.3, 0.4) is 0 Å². The number of halogens is 4. The fourth-order valence-corrected chi connectivity index (χ4v) is 10.1. The van der Waals surface area contributed by atoms with Gasteiger partial charge in [-0.1, -0.05) is 165 Å². The number of aliphatic hydroxyl groups is 1.